The molecule has 0 bridgehead atoms. The molecule has 6 nitrogen and oxygen atoms in total. The molecule has 5 saturated carbocycles. The minimum absolute atomic E-state index is 0.0383. The molecule has 0 radical (unpaired) electrons. The fourth-order valence-corrected chi connectivity index (χ4v) is 12.4. The van der Waals surface area contributed by atoms with Crippen LogP contribution >= 0.6 is 0 Å². The van der Waals surface area contributed by atoms with Gasteiger partial charge < -0.3 is 24.8 Å². The quantitative estimate of drug-likeness (QED) is 0.449. The van der Waals surface area contributed by atoms with Gasteiger partial charge in [-0.05, 0) is 111 Å². The van der Waals surface area contributed by atoms with Crippen LogP contribution in [0.3, 0.4) is 0 Å². The molecule has 1 aliphatic heterocycles. The maximum atomic E-state index is 12.3. The van der Waals surface area contributed by atoms with E-state index in [0.717, 1.165) is 32.1 Å². The summed E-state index contributed by atoms with van der Waals surface area (Å²) in [4.78, 5) is 11.9. The highest BCUT2D eigenvalue weighted by Gasteiger charge is 2.84. The Morgan fingerprint density at radius 1 is 1.00 bits per heavy atom. The number of hydrogen-bond donors (Lipinski definition) is 3. The van der Waals surface area contributed by atoms with Crippen molar-refractivity contribution in [2.45, 2.75) is 143 Å². The van der Waals surface area contributed by atoms with Crippen LogP contribution in [0, 0.1) is 50.7 Å². The minimum atomic E-state index is -1.24. The van der Waals surface area contributed by atoms with E-state index >= 15 is 0 Å². The molecule has 0 aromatic carbocycles. The van der Waals surface area contributed by atoms with Gasteiger partial charge >= 0.3 is 5.97 Å². The lowest BCUT2D eigenvalue weighted by Crippen LogP contribution is -2.59. The molecular formula is C32H52O6. The molecular weight excluding hydrogens is 480 g/mol. The average Bonchev–Trinajstić information content (AvgIpc) is 3.44. The number of rotatable bonds is 3. The summed E-state index contributed by atoms with van der Waals surface area (Å²) in [6.07, 6.45) is 6.19. The Labute approximate surface area is 229 Å². The summed E-state index contributed by atoms with van der Waals surface area (Å²) in [5.74, 6) is 1.09. The summed E-state index contributed by atoms with van der Waals surface area (Å²) in [5, 5.41) is 34.2. The van der Waals surface area contributed by atoms with Gasteiger partial charge in [0.25, 0.3) is 0 Å². The van der Waals surface area contributed by atoms with Gasteiger partial charge in [0.1, 0.15) is 0 Å². The molecule has 1 heterocycles. The fourth-order valence-electron chi connectivity index (χ4n) is 12.4. The van der Waals surface area contributed by atoms with E-state index in [9.17, 15) is 20.1 Å². The van der Waals surface area contributed by atoms with Gasteiger partial charge in [0.2, 0.25) is 0 Å². The van der Waals surface area contributed by atoms with Gasteiger partial charge in [-0.2, -0.15) is 0 Å². The smallest absolute Gasteiger partial charge is 0.303 e. The van der Waals surface area contributed by atoms with Crippen LogP contribution in [0.4, 0.5) is 0 Å². The SMILES string of the molecule is CC(=O)O[C@@H](C1C[C@@H](C)[C@H]2[C@H](O1)[C@H](O)[C@@]1(C)C3CC[C@H]4C(C)(C)C(O)CCC45CC35CCC21C)C(C)(C)O. The molecule has 5 aliphatic carbocycles. The first-order valence-electron chi connectivity index (χ1n) is 15.4. The van der Waals surface area contributed by atoms with Crippen LogP contribution in [0.5, 0.6) is 0 Å². The molecule has 0 amide bonds. The van der Waals surface area contributed by atoms with Crippen LogP contribution in [0.15, 0.2) is 0 Å². The van der Waals surface area contributed by atoms with Crippen molar-refractivity contribution >= 4 is 5.97 Å². The molecule has 0 aromatic rings. The number of carbonyl (C=O) groups is 1. The normalized spacial score (nSPS) is 55.4. The van der Waals surface area contributed by atoms with Crippen LogP contribution in [-0.4, -0.2) is 57.4 Å². The Morgan fingerprint density at radius 2 is 1.63 bits per heavy atom. The van der Waals surface area contributed by atoms with E-state index in [0.29, 0.717) is 23.7 Å². The van der Waals surface area contributed by atoms with Crippen LogP contribution in [0.25, 0.3) is 0 Å². The van der Waals surface area contributed by atoms with E-state index in [1.807, 2.05) is 0 Å². The molecule has 6 rings (SSSR count). The molecule has 1 saturated heterocycles. The molecule has 0 aromatic heterocycles. The van der Waals surface area contributed by atoms with Crippen LogP contribution in [0.1, 0.15) is 107 Å². The molecule has 6 heteroatoms. The average molecular weight is 533 g/mol. The molecule has 6 fully saturated rings. The van der Waals surface area contributed by atoms with E-state index in [-0.39, 0.29) is 45.7 Å². The predicted molar refractivity (Wildman–Crippen MR) is 144 cm³/mol. The molecule has 13 atom stereocenters. The number of ether oxygens (including phenoxy) is 2. The topological polar surface area (TPSA) is 96.2 Å². The van der Waals surface area contributed by atoms with Gasteiger partial charge in [-0.15, -0.1) is 0 Å². The number of esters is 1. The fraction of sp³-hybridized carbons (Fsp3) is 0.969. The molecule has 2 spiro atoms. The van der Waals surface area contributed by atoms with Crippen LogP contribution in [0.2, 0.25) is 0 Å². The summed E-state index contributed by atoms with van der Waals surface area (Å²) < 4.78 is 12.4. The van der Waals surface area contributed by atoms with Crippen LogP contribution in [-0.2, 0) is 14.3 Å². The predicted octanol–water partition coefficient (Wildman–Crippen LogP) is 4.86. The second-order valence-electron chi connectivity index (χ2n) is 16.3. The Bertz CT molecular complexity index is 1000. The highest BCUT2D eigenvalue weighted by atomic mass is 16.6. The summed E-state index contributed by atoms with van der Waals surface area (Å²) in [6.45, 7) is 16.4. The number of hydrogen-bond acceptors (Lipinski definition) is 6. The number of carbonyl (C=O) groups excluding carboxylic acids is 1. The lowest BCUT2D eigenvalue weighted by atomic mass is 9.41. The van der Waals surface area contributed by atoms with Gasteiger partial charge in [-0.3, -0.25) is 4.79 Å². The molecule has 38 heavy (non-hydrogen) atoms. The zero-order chi connectivity index (χ0) is 27.8. The third kappa shape index (κ3) is 3.13. The maximum Gasteiger partial charge on any atom is 0.303 e. The summed E-state index contributed by atoms with van der Waals surface area (Å²) in [7, 11) is 0. The van der Waals surface area contributed by atoms with Crippen molar-refractivity contribution in [2.24, 2.45) is 50.7 Å². The molecule has 6 unspecified atom stereocenters. The molecule has 6 aliphatic rings. The van der Waals surface area contributed by atoms with Gasteiger partial charge in [0.05, 0.1) is 30.0 Å². The van der Waals surface area contributed by atoms with Crippen molar-refractivity contribution in [3.8, 4) is 0 Å². The maximum absolute atomic E-state index is 12.3. The third-order valence-electron chi connectivity index (χ3n) is 14.1. The lowest BCUT2D eigenvalue weighted by molar-refractivity contribution is -0.216. The Kier molecular flexibility index (Phi) is 5.77. The molecule has 216 valence electrons. The summed E-state index contributed by atoms with van der Waals surface area (Å²) in [5.41, 5.74) is -1.01. The largest absolute Gasteiger partial charge is 0.457 e. The zero-order valence-electron chi connectivity index (χ0n) is 24.9. The standard InChI is InChI=1S/C32H52O6/c1-17-15-19(26(28(5,6)36)37-18(2)33)38-24-23(17)29(7)13-14-32-16-31(32)12-11-22(34)27(3,4)20(31)9-10-21(32)30(29,8)25(24)35/h17,19-26,34-36H,9-16H2,1-8H3/t17-,19?,20+,21?,22?,23+,24+,25+,26+,29?,30-,31?,32?/m1/s1. The van der Waals surface area contributed by atoms with Crippen LogP contribution < -0.4 is 0 Å². The first-order chi connectivity index (χ1) is 17.5. The second-order valence-corrected chi connectivity index (χ2v) is 16.3. The number of aliphatic hydroxyl groups excluding tert-OH is 2. The summed E-state index contributed by atoms with van der Waals surface area (Å²) in [6, 6.07) is 0. The van der Waals surface area contributed by atoms with E-state index in [2.05, 4.69) is 34.6 Å². The van der Waals surface area contributed by atoms with Crippen molar-refractivity contribution < 1.29 is 29.6 Å². The Balaban J connectivity index is 1.35. The Hall–Kier alpha value is -0.690. The van der Waals surface area contributed by atoms with Crippen molar-refractivity contribution in [1.82, 2.24) is 0 Å². The van der Waals surface area contributed by atoms with Crippen molar-refractivity contribution in [1.29, 1.82) is 0 Å². The van der Waals surface area contributed by atoms with E-state index < -0.39 is 29.9 Å². The Morgan fingerprint density at radius 3 is 2.26 bits per heavy atom. The number of aliphatic hydroxyl groups is 3. The minimum Gasteiger partial charge on any atom is -0.457 e. The van der Waals surface area contributed by atoms with Crippen molar-refractivity contribution in [3.63, 3.8) is 0 Å². The second kappa shape index (κ2) is 7.98. The van der Waals surface area contributed by atoms with Gasteiger partial charge in [0, 0.05) is 12.3 Å². The monoisotopic (exact) mass is 532 g/mol. The highest BCUT2D eigenvalue weighted by molar-refractivity contribution is 5.66. The van der Waals surface area contributed by atoms with Crippen molar-refractivity contribution in [3.05, 3.63) is 0 Å². The van der Waals surface area contributed by atoms with E-state index in [1.165, 1.54) is 19.8 Å². The van der Waals surface area contributed by atoms with Gasteiger partial charge in [0.15, 0.2) is 6.10 Å². The van der Waals surface area contributed by atoms with Gasteiger partial charge in [-0.25, -0.2) is 0 Å². The zero-order valence-corrected chi connectivity index (χ0v) is 24.9. The molecule has 3 N–H and O–H groups in total. The number of fused-ring (bicyclic) bond motifs is 4. The third-order valence-corrected chi connectivity index (χ3v) is 14.1. The summed E-state index contributed by atoms with van der Waals surface area (Å²) >= 11 is 0. The lowest BCUT2D eigenvalue weighted by Gasteiger charge is -2.63. The van der Waals surface area contributed by atoms with Gasteiger partial charge in [-0.1, -0.05) is 34.6 Å². The first-order valence-corrected chi connectivity index (χ1v) is 15.4. The van der Waals surface area contributed by atoms with E-state index in [1.54, 1.807) is 13.8 Å². The highest BCUT2D eigenvalue weighted by Crippen LogP contribution is 2.89. The van der Waals surface area contributed by atoms with Crippen molar-refractivity contribution in [2.75, 3.05) is 0 Å². The first kappa shape index (κ1) is 27.5. The van der Waals surface area contributed by atoms with E-state index in [4.69, 9.17) is 9.47 Å².